The average Bonchev–Trinajstić information content (AvgIpc) is 2.72. The number of hydrogen-bond donors (Lipinski definition) is 1. The molecule has 1 heterocycles. The lowest BCUT2D eigenvalue weighted by atomic mass is 9.94. The summed E-state index contributed by atoms with van der Waals surface area (Å²) in [6.45, 7) is 1.22. The second kappa shape index (κ2) is 2.58. The monoisotopic (exact) mass is 173 g/mol. The molecule has 0 aromatic heterocycles. The maximum atomic E-state index is 3.68. The first-order valence-electron chi connectivity index (χ1n) is 5.20. The highest BCUT2D eigenvalue weighted by atomic mass is 15.0. The van der Waals surface area contributed by atoms with Crippen molar-refractivity contribution in [2.24, 2.45) is 0 Å². The van der Waals surface area contributed by atoms with Gasteiger partial charge in [-0.25, -0.2) is 0 Å². The van der Waals surface area contributed by atoms with Crippen molar-refractivity contribution in [2.45, 2.75) is 31.2 Å². The van der Waals surface area contributed by atoms with Crippen LogP contribution in [-0.4, -0.2) is 12.1 Å². The van der Waals surface area contributed by atoms with Crippen molar-refractivity contribution in [1.29, 1.82) is 0 Å². The smallest absolute Gasteiger partial charge is 0.0262 e. The number of nitrogens with one attached hydrogen (secondary N) is 1. The highest BCUT2D eigenvalue weighted by Crippen LogP contribution is 2.35. The van der Waals surface area contributed by atoms with Gasteiger partial charge in [-0.3, -0.25) is 0 Å². The summed E-state index contributed by atoms with van der Waals surface area (Å²) in [7, 11) is 0. The third-order valence-corrected chi connectivity index (χ3v) is 3.51. The SMILES string of the molecule is c1ccc2c(c1)CC1(CCCN1)C2. The Balaban J connectivity index is 1.96. The Morgan fingerprint density at radius 2 is 1.77 bits per heavy atom. The highest BCUT2D eigenvalue weighted by molar-refractivity contribution is 5.36. The van der Waals surface area contributed by atoms with Crippen LogP contribution in [0.4, 0.5) is 0 Å². The Morgan fingerprint density at radius 1 is 1.08 bits per heavy atom. The molecule has 0 amide bonds. The zero-order valence-electron chi connectivity index (χ0n) is 7.84. The van der Waals surface area contributed by atoms with Gasteiger partial charge in [-0.05, 0) is 43.4 Å². The van der Waals surface area contributed by atoms with Crippen LogP contribution in [0.25, 0.3) is 0 Å². The van der Waals surface area contributed by atoms with Gasteiger partial charge in [-0.1, -0.05) is 24.3 Å². The summed E-state index contributed by atoms with van der Waals surface area (Å²) in [5.74, 6) is 0. The lowest BCUT2D eigenvalue weighted by molar-refractivity contribution is 0.397. The molecule has 1 nitrogen and oxygen atoms in total. The molecule has 0 saturated carbocycles. The van der Waals surface area contributed by atoms with Gasteiger partial charge >= 0.3 is 0 Å². The number of rotatable bonds is 0. The predicted octanol–water partition coefficient (Wildman–Crippen LogP) is 1.91. The number of hydrogen-bond acceptors (Lipinski definition) is 1. The van der Waals surface area contributed by atoms with Gasteiger partial charge in [0.2, 0.25) is 0 Å². The molecule has 1 heteroatoms. The van der Waals surface area contributed by atoms with Gasteiger partial charge in [-0.2, -0.15) is 0 Å². The first-order valence-corrected chi connectivity index (χ1v) is 5.20. The van der Waals surface area contributed by atoms with E-state index in [2.05, 4.69) is 29.6 Å². The summed E-state index contributed by atoms with van der Waals surface area (Å²) in [5.41, 5.74) is 3.58. The fraction of sp³-hybridized carbons (Fsp3) is 0.500. The third kappa shape index (κ3) is 1.11. The van der Waals surface area contributed by atoms with Crippen LogP contribution >= 0.6 is 0 Å². The molecule has 0 bridgehead atoms. The molecule has 1 N–H and O–H groups in total. The van der Waals surface area contributed by atoms with E-state index in [1.807, 2.05) is 0 Å². The zero-order chi connectivity index (χ0) is 8.73. The standard InChI is InChI=1S/C12H15N/c1-2-5-11-9-12(6-3-7-13-12)8-10(11)4-1/h1-2,4-5,13H,3,6-9H2. The summed E-state index contributed by atoms with van der Waals surface area (Å²) in [4.78, 5) is 0. The Hall–Kier alpha value is -0.820. The highest BCUT2D eigenvalue weighted by Gasteiger charge is 2.38. The zero-order valence-corrected chi connectivity index (χ0v) is 7.84. The second-order valence-corrected chi connectivity index (χ2v) is 4.43. The minimum Gasteiger partial charge on any atom is -0.311 e. The van der Waals surface area contributed by atoms with Crippen molar-refractivity contribution in [3.63, 3.8) is 0 Å². The topological polar surface area (TPSA) is 12.0 Å². The average molecular weight is 173 g/mol. The van der Waals surface area contributed by atoms with Crippen LogP contribution in [0, 0.1) is 0 Å². The largest absolute Gasteiger partial charge is 0.311 e. The fourth-order valence-corrected chi connectivity index (χ4v) is 2.86. The minimum absolute atomic E-state index is 0.448. The molecular formula is C12H15N. The van der Waals surface area contributed by atoms with Crippen molar-refractivity contribution >= 4 is 0 Å². The van der Waals surface area contributed by atoms with Gasteiger partial charge in [0, 0.05) is 5.54 Å². The lowest BCUT2D eigenvalue weighted by Gasteiger charge is -2.22. The van der Waals surface area contributed by atoms with E-state index in [-0.39, 0.29) is 0 Å². The molecule has 13 heavy (non-hydrogen) atoms. The minimum atomic E-state index is 0.448. The fourth-order valence-electron chi connectivity index (χ4n) is 2.86. The first kappa shape index (κ1) is 7.57. The van der Waals surface area contributed by atoms with E-state index in [1.165, 1.54) is 32.2 Å². The summed E-state index contributed by atoms with van der Waals surface area (Å²) >= 11 is 0. The molecule has 0 radical (unpaired) electrons. The molecule has 2 aliphatic rings. The lowest BCUT2D eigenvalue weighted by Crippen LogP contribution is -2.40. The van der Waals surface area contributed by atoms with Crippen LogP contribution in [0.3, 0.4) is 0 Å². The Morgan fingerprint density at radius 3 is 2.31 bits per heavy atom. The van der Waals surface area contributed by atoms with Gasteiger partial charge in [0.15, 0.2) is 0 Å². The van der Waals surface area contributed by atoms with E-state index in [4.69, 9.17) is 0 Å². The maximum absolute atomic E-state index is 3.68. The third-order valence-electron chi connectivity index (χ3n) is 3.51. The summed E-state index contributed by atoms with van der Waals surface area (Å²) < 4.78 is 0. The van der Waals surface area contributed by atoms with Crippen LogP contribution in [0.1, 0.15) is 24.0 Å². The predicted molar refractivity (Wildman–Crippen MR) is 53.8 cm³/mol. The van der Waals surface area contributed by atoms with E-state index in [9.17, 15) is 0 Å². The molecule has 1 aliphatic heterocycles. The van der Waals surface area contributed by atoms with Crippen LogP contribution in [0.5, 0.6) is 0 Å². The van der Waals surface area contributed by atoms with Gasteiger partial charge in [0.25, 0.3) is 0 Å². The van der Waals surface area contributed by atoms with Crippen molar-refractivity contribution < 1.29 is 0 Å². The molecule has 68 valence electrons. The molecule has 0 atom stereocenters. The molecule has 1 spiro atoms. The van der Waals surface area contributed by atoms with Gasteiger partial charge in [-0.15, -0.1) is 0 Å². The Bertz CT molecular complexity index is 297. The van der Waals surface area contributed by atoms with Crippen molar-refractivity contribution in [3.8, 4) is 0 Å². The Kier molecular flexibility index (Phi) is 1.50. The number of benzene rings is 1. The van der Waals surface area contributed by atoms with Gasteiger partial charge < -0.3 is 5.32 Å². The first-order chi connectivity index (χ1) is 6.38. The quantitative estimate of drug-likeness (QED) is 0.632. The van der Waals surface area contributed by atoms with Crippen molar-refractivity contribution in [3.05, 3.63) is 35.4 Å². The van der Waals surface area contributed by atoms with Crippen LogP contribution < -0.4 is 5.32 Å². The van der Waals surface area contributed by atoms with E-state index in [0.717, 1.165) is 0 Å². The summed E-state index contributed by atoms with van der Waals surface area (Å²) in [5, 5.41) is 3.68. The number of fused-ring (bicyclic) bond motifs is 1. The van der Waals surface area contributed by atoms with Crippen LogP contribution in [-0.2, 0) is 12.8 Å². The van der Waals surface area contributed by atoms with Gasteiger partial charge in [0.1, 0.15) is 0 Å². The molecule has 1 aromatic carbocycles. The van der Waals surface area contributed by atoms with Gasteiger partial charge in [0.05, 0.1) is 0 Å². The van der Waals surface area contributed by atoms with Crippen molar-refractivity contribution in [1.82, 2.24) is 5.32 Å². The van der Waals surface area contributed by atoms with Crippen LogP contribution in [0.15, 0.2) is 24.3 Å². The maximum Gasteiger partial charge on any atom is 0.0262 e. The van der Waals surface area contributed by atoms with Crippen LogP contribution in [0.2, 0.25) is 0 Å². The second-order valence-electron chi connectivity index (χ2n) is 4.43. The molecule has 1 fully saturated rings. The molecule has 1 aromatic rings. The van der Waals surface area contributed by atoms with E-state index in [1.54, 1.807) is 11.1 Å². The molecule has 1 aliphatic carbocycles. The summed E-state index contributed by atoms with van der Waals surface area (Å²) in [6.07, 6.45) is 5.22. The molecular weight excluding hydrogens is 158 g/mol. The Labute approximate surface area is 79.2 Å². The van der Waals surface area contributed by atoms with E-state index < -0.39 is 0 Å². The van der Waals surface area contributed by atoms with Crippen molar-refractivity contribution in [2.75, 3.05) is 6.54 Å². The van der Waals surface area contributed by atoms with E-state index in [0.29, 0.717) is 5.54 Å². The van der Waals surface area contributed by atoms with E-state index >= 15 is 0 Å². The normalized spacial score (nSPS) is 23.7. The molecule has 0 unspecified atom stereocenters. The molecule has 1 saturated heterocycles. The summed E-state index contributed by atoms with van der Waals surface area (Å²) in [6, 6.07) is 8.88. The molecule has 3 rings (SSSR count).